The highest BCUT2D eigenvalue weighted by Gasteiger charge is 2.35. The van der Waals surface area contributed by atoms with Crippen LogP contribution in [-0.2, 0) is 19.5 Å². The molecule has 1 saturated heterocycles. The lowest BCUT2D eigenvalue weighted by Crippen LogP contribution is -2.49. The van der Waals surface area contributed by atoms with Crippen molar-refractivity contribution in [3.8, 4) is 11.3 Å². The molecule has 2 heterocycles. The zero-order valence-corrected chi connectivity index (χ0v) is 15.4. The normalized spacial score (nSPS) is 26.4. The van der Waals surface area contributed by atoms with Gasteiger partial charge in [0.2, 0.25) is 10.0 Å². The van der Waals surface area contributed by atoms with Crippen LogP contribution in [0.4, 0.5) is 0 Å². The van der Waals surface area contributed by atoms with Gasteiger partial charge in [-0.3, -0.25) is 0 Å². The largest absolute Gasteiger partial charge is 0.449 e. The molecule has 3 atom stereocenters. The van der Waals surface area contributed by atoms with Gasteiger partial charge in [0.15, 0.2) is 5.89 Å². The van der Waals surface area contributed by atoms with Crippen molar-refractivity contribution in [3.63, 3.8) is 0 Å². The van der Waals surface area contributed by atoms with Gasteiger partial charge in [-0.05, 0) is 31.4 Å². The van der Waals surface area contributed by atoms with E-state index in [0.717, 1.165) is 18.4 Å². The van der Waals surface area contributed by atoms with Crippen LogP contribution in [0.2, 0.25) is 0 Å². The van der Waals surface area contributed by atoms with E-state index in [1.807, 2.05) is 0 Å². The summed E-state index contributed by atoms with van der Waals surface area (Å²) in [4.78, 5) is 4.49. The highest BCUT2D eigenvalue weighted by molar-refractivity contribution is 7.89. The zero-order valence-electron chi connectivity index (χ0n) is 14.6. The summed E-state index contributed by atoms with van der Waals surface area (Å²) in [5.74, 6) is 0.572. The third kappa shape index (κ3) is 3.68. The topological polar surface area (TPSA) is 90.7 Å². The lowest BCUT2D eigenvalue weighted by Gasteiger charge is -2.38. The van der Waals surface area contributed by atoms with Gasteiger partial charge in [0, 0.05) is 18.5 Å². The molecule has 4 rings (SSSR count). The Morgan fingerprint density at radius 3 is 2.50 bits per heavy atom. The summed E-state index contributed by atoms with van der Waals surface area (Å²) < 4.78 is 44.8. The van der Waals surface area contributed by atoms with Crippen LogP contribution < -0.4 is 4.72 Å². The van der Waals surface area contributed by atoms with Crippen LogP contribution in [0.15, 0.2) is 39.8 Å². The van der Waals surface area contributed by atoms with Gasteiger partial charge in [0.25, 0.3) is 0 Å². The molecule has 0 radical (unpaired) electrons. The molecule has 0 amide bonds. The Morgan fingerprint density at radius 1 is 1.08 bits per heavy atom. The average Bonchev–Trinajstić information content (AvgIpc) is 3.08. The number of aryl methyl sites for hydroxylation is 1. The number of aromatic nitrogens is 1. The first-order chi connectivity index (χ1) is 12.5. The van der Waals surface area contributed by atoms with Gasteiger partial charge in [0.05, 0.1) is 30.3 Å². The summed E-state index contributed by atoms with van der Waals surface area (Å²) >= 11 is 0. The molecule has 1 aromatic heterocycles. The van der Waals surface area contributed by atoms with Crippen molar-refractivity contribution >= 4 is 10.0 Å². The Balaban J connectivity index is 1.44. The van der Waals surface area contributed by atoms with Crippen molar-refractivity contribution in [1.82, 2.24) is 9.71 Å². The molecular weight excluding hydrogens is 356 g/mol. The first kappa shape index (κ1) is 17.7. The Kier molecular flexibility index (Phi) is 4.83. The standard InChI is InChI=1S/C18H22N2O5S/c1-12-19-16(11-25-12)13-2-5-15(6-3-13)26(21,22)20-14-4-7-17-18(10-14)24-9-8-23-17/h2-3,5-6,11,14,17-18,20H,4,7-10H2,1H3. The predicted molar refractivity (Wildman–Crippen MR) is 94.1 cm³/mol. The Hall–Kier alpha value is -1.74. The maximum Gasteiger partial charge on any atom is 0.240 e. The summed E-state index contributed by atoms with van der Waals surface area (Å²) in [7, 11) is -3.58. The fraction of sp³-hybridized carbons (Fsp3) is 0.500. The van der Waals surface area contributed by atoms with Gasteiger partial charge in [-0.15, -0.1) is 0 Å². The number of sulfonamides is 1. The molecular formula is C18H22N2O5S. The summed E-state index contributed by atoms with van der Waals surface area (Å²) in [5.41, 5.74) is 1.50. The summed E-state index contributed by atoms with van der Waals surface area (Å²) in [6.45, 7) is 2.96. The zero-order chi connectivity index (χ0) is 18.1. The monoisotopic (exact) mass is 378 g/mol. The first-order valence-corrected chi connectivity index (χ1v) is 10.3. The lowest BCUT2D eigenvalue weighted by molar-refractivity contribution is -0.156. The molecule has 1 aliphatic carbocycles. The molecule has 2 aliphatic rings. The molecule has 1 saturated carbocycles. The van der Waals surface area contributed by atoms with Crippen molar-refractivity contribution in [1.29, 1.82) is 0 Å². The lowest BCUT2D eigenvalue weighted by atomic mass is 9.90. The number of oxazole rings is 1. The van der Waals surface area contributed by atoms with Crippen molar-refractivity contribution in [2.24, 2.45) is 0 Å². The molecule has 140 valence electrons. The Bertz CT molecular complexity index is 862. The van der Waals surface area contributed by atoms with Crippen LogP contribution in [0, 0.1) is 6.92 Å². The van der Waals surface area contributed by atoms with Crippen LogP contribution in [0.1, 0.15) is 25.2 Å². The first-order valence-electron chi connectivity index (χ1n) is 8.79. The quantitative estimate of drug-likeness (QED) is 0.878. The fourth-order valence-electron chi connectivity index (χ4n) is 3.56. The van der Waals surface area contributed by atoms with Crippen molar-refractivity contribution in [3.05, 3.63) is 36.4 Å². The van der Waals surface area contributed by atoms with E-state index in [9.17, 15) is 8.42 Å². The van der Waals surface area contributed by atoms with Gasteiger partial charge in [-0.1, -0.05) is 12.1 Å². The number of nitrogens with zero attached hydrogens (tertiary/aromatic N) is 1. The number of hydrogen-bond donors (Lipinski definition) is 1. The van der Waals surface area contributed by atoms with Gasteiger partial charge in [0.1, 0.15) is 12.0 Å². The number of hydrogen-bond acceptors (Lipinski definition) is 6. The van der Waals surface area contributed by atoms with Crippen molar-refractivity contribution < 1.29 is 22.3 Å². The van der Waals surface area contributed by atoms with E-state index < -0.39 is 10.0 Å². The van der Waals surface area contributed by atoms with E-state index in [4.69, 9.17) is 13.9 Å². The number of ether oxygens (including phenoxy) is 2. The smallest absolute Gasteiger partial charge is 0.240 e. The van der Waals surface area contributed by atoms with Crippen LogP contribution in [-0.4, -0.2) is 44.9 Å². The molecule has 0 spiro atoms. The number of nitrogens with one attached hydrogen (secondary N) is 1. The Morgan fingerprint density at radius 2 is 1.81 bits per heavy atom. The van der Waals surface area contributed by atoms with Gasteiger partial charge < -0.3 is 13.9 Å². The van der Waals surface area contributed by atoms with Crippen LogP contribution in [0.5, 0.6) is 0 Å². The van der Waals surface area contributed by atoms with E-state index >= 15 is 0 Å². The molecule has 8 heteroatoms. The van der Waals surface area contributed by atoms with Crippen LogP contribution >= 0.6 is 0 Å². The summed E-state index contributed by atoms with van der Waals surface area (Å²) in [6, 6.07) is 6.52. The molecule has 7 nitrogen and oxygen atoms in total. The minimum absolute atomic E-state index is 0.0250. The van der Waals surface area contributed by atoms with E-state index in [2.05, 4.69) is 9.71 Å². The van der Waals surface area contributed by atoms with E-state index in [0.29, 0.717) is 31.2 Å². The molecule has 3 unspecified atom stereocenters. The highest BCUT2D eigenvalue weighted by atomic mass is 32.2. The van der Waals surface area contributed by atoms with Crippen molar-refractivity contribution in [2.45, 2.75) is 49.3 Å². The number of rotatable bonds is 4. The third-order valence-corrected chi connectivity index (χ3v) is 6.42. The van der Waals surface area contributed by atoms with Gasteiger partial charge in [-0.2, -0.15) is 0 Å². The summed E-state index contributed by atoms with van der Waals surface area (Å²) in [6.07, 6.45) is 3.82. The molecule has 2 aromatic rings. The molecule has 2 fully saturated rings. The van der Waals surface area contributed by atoms with E-state index in [1.54, 1.807) is 37.5 Å². The number of fused-ring (bicyclic) bond motifs is 1. The highest BCUT2D eigenvalue weighted by Crippen LogP contribution is 2.28. The SMILES string of the molecule is Cc1nc(-c2ccc(S(=O)(=O)NC3CCC4OCCOC4C3)cc2)co1. The predicted octanol–water partition coefficient (Wildman–Crippen LogP) is 2.26. The second-order valence-corrected chi connectivity index (χ2v) is 8.44. The average molecular weight is 378 g/mol. The number of benzene rings is 1. The van der Waals surface area contributed by atoms with E-state index in [1.165, 1.54) is 0 Å². The molecule has 1 N–H and O–H groups in total. The maximum absolute atomic E-state index is 12.7. The molecule has 1 aromatic carbocycles. The third-order valence-electron chi connectivity index (χ3n) is 4.88. The Labute approximate surface area is 152 Å². The van der Waals surface area contributed by atoms with Crippen molar-refractivity contribution in [2.75, 3.05) is 13.2 Å². The van der Waals surface area contributed by atoms with Gasteiger partial charge >= 0.3 is 0 Å². The molecule has 1 aliphatic heterocycles. The second-order valence-electron chi connectivity index (χ2n) is 6.73. The minimum atomic E-state index is -3.58. The molecule has 26 heavy (non-hydrogen) atoms. The molecule has 0 bridgehead atoms. The second kappa shape index (κ2) is 7.11. The van der Waals surface area contributed by atoms with Crippen LogP contribution in [0.3, 0.4) is 0 Å². The van der Waals surface area contributed by atoms with Crippen LogP contribution in [0.25, 0.3) is 11.3 Å². The summed E-state index contributed by atoms with van der Waals surface area (Å²) in [5, 5.41) is 0. The maximum atomic E-state index is 12.7. The minimum Gasteiger partial charge on any atom is -0.449 e. The van der Waals surface area contributed by atoms with E-state index in [-0.39, 0.29) is 23.1 Å². The fourth-order valence-corrected chi connectivity index (χ4v) is 4.85. The van der Waals surface area contributed by atoms with Gasteiger partial charge in [-0.25, -0.2) is 18.1 Å².